The minimum absolute atomic E-state index is 0.0584. The van der Waals surface area contributed by atoms with Crippen LogP contribution in [0.5, 0.6) is 0 Å². The number of aryl methyl sites for hydroxylation is 1. The maximum absolute atomic E-state index is 14.3. The molecule has 1 heterocycles. The van der Waals surface area contributed by atoms with E-state index in [4.69, 9.17) is 11.6 Å². The Morgan fingerprint density at radius 1 is 1.43 bits per heavy atom. The van der Waals surface area contributed by atoms with Crippen LogP contribution in [0.25, 0.3) is 11.3 Å². The van der Waals surface area contributed by atoms with Crippen molar-refractivity contribution >= 4 is 39.2 Å². The third-order valence-corrected chi connectivity index (χ3v) is 4.01. The van der Waals surface area contributed by atoms with E-state index < -0.39 is 10.7 Å². The molecule has 21 heavy (non-hydrogen) atoms. The molecular weight excluding hydrogens is 367 g/mol. The zero-order valence-corrected chi connectivity index (χ0v) is 13.3. The lowest BCUT2D eigenvalue weighted by Gasteiger charge is -2.09. The summed E-state index contributed by atoms with van der Waals surface area (Å²) in [4.78, 5) is 18.5. The van der Waals surface area contributed by atoms with Crippen LogP contribution >= 0.6 is 27.5 Å². The third kappa shape index (κ3) is 2.81. The first-order valence-corrected chi connectivity index (χ1v) is 6.88. The number of nitro groups is 1. The van der Waals surface area contributed by atoms with Crippen LogP contribution in [0.2, 0.25) is 5.02 Å². The average Bonchev–Trinajstić information content (AvgIpc) is 2.43. The predicted molar refractivity (Wildman–Crippen MR) is 81.1 cm³/mol. The standard InChI is InChI=1S/C12H9BrClFN4O2/c1-5-11(19(20)21)10(18-12(16-2)17-5)6-3-4-7(13)8(14)9(6)15/h3-4H,1-2H3,(H,16,17,18). The Morgan fingerprint density at radius 3 is 2.67 bits per heavy atom. The zero-order valence-electron chi connectivity index (χ0n) is 10.9. The van der Waals surface area contributed by atoms with E-state index in [1.165, 1.54) is 19.1 Å². The number of hydrogen-bond acceptors (Lipinski definition) is 5. The number of nitrogens with one attached hydrogen (secondary N) is 1. The molecule has 6 nitrogen and oxygen atoms in total. The van der Waals surface area contributed by atoms with Gasteiger partial charge in [0.05, 0.1) is 9.95 Å². The summed E-state index contributed by atoms with van der Waals surface area (Å²) >= 11 is 8.92. The Hall–Kier alpha value is -1.80. The molecule has 1 N–H and O–H groups in total. The van der Waals surface area contributed by atoms with Crippen LogP contribution in [0.15, 0.2) is 16.6 Å². The Morgan fingerprint density at radius 2 is 2.10 bits per heavy atom. The van der Waals surface area contributed by atoms with Gasteiger partial charge in [-0.2, -0.15) is 0 Å². The molecule has 0 aliphatic heterocycles. The van der Waals surface area contributed by atoms with Gasteiger partial charge in [0.15, 0.2) is 11.5 Å². The predicted octanol–water partition coefficient (Wildman–Crippen LogP) is 3.96. The van der Waals surface area contributed by atoms with E-state index in [-0.39, 0.29) is 33.6 Å². The van der Waals surface area contributed by atoms with Gasteiger partial charge in [0.25, 0.3) is 0 Å². The Balaban J connectivity index is 2.82. The van der Waals surface area contributed by atoms with Crippen molar-refractivity contribution in [1.29, 1.82) is 0 Å². The first-order valence-electron chi connectivity index (χ1n) is 5.71. The second kappa shape index (κ2) is 5.90. The fourth-order valence-electron chi connectivity index (χ4n) is 1.79. The number of halogens is 3. The summed E-state index contributed by atoms with van der Waals surface area (Å²) in [6.07, 6.45) is 0. The van der Waals surface area contributed by atoms with Gasteiger partial charge >= 0.3 is 5.69 Å². The van der Waals surface area contributed by atoms with Gasteiger partial charge < -0.3 is 5.32 Å². The highest BCUT2D eigenvalue weighted by Gasteiger charge is 2.26. The van der Waals surface area contributed by atoms with Gasteiger partial charge in [0.1, 0.15) is 5.69 Å². The van der Waals surface area contributed by atoms with Crippen LogP contribution in [0.3, 0.4) is 0 Å². The second-order valence-corrected chi connectivity index (χ2v) is 5.29. The summed E-state index contributed by atoms with van der Waals surface area (Å²) in [5.74, 6) is -0.624. The molecule has 0 fully saturated rings. The lowest BCUT2D eigenvalue weighted by Crippen LogP contribution is -2.06. The van der Waals surface area contributed by atoms with Crippen molar-refractivity contribution < 1.29 is 9.31 Å². The molecule has 110 valence electrons. The van der Waals surface area contributed by atoms with Crippen LogP contribution in [0.1, 0.15) is 5.69 Å². The van der Waals surface area contributed by atoms with E-state index in [0.717, 1.165) is 0 Å². The van der Waals surface area contributed by atoms with Crippen molar-refractivity contribution in [2.75, 3.05) is 12.4 Å². The van der Waals surface area contributed by atoms with E-state index in [1.54, 1.807) is 7.05 Å². The number of benzene rings is 1. The van der Waals surface area contributed by atoms with Gasteiger partial charge in [0.2, 0.25) is 5.95 Å². The summed E-state index contributed by atoms with van der Waals surface area (Å²) in [5, 5.41) is 13.7. The number of aromatic nitrogens is 2. The molecule has 0 saturated carbocycles. The van der Waals surface area contributed by atoms with E-state index in [0.29, 0.717) is 4.47 Å². The van der Waals surface area contributed by atoms with Crippen LogP contribution < -0.4 is 5.32 Å². The molecular formula is C12H9BrClFN4O2. The summed E-state index contributed by atoms with van der Waals surface area (Å²) in [6, 6.07) is 2.88. The van der Waals surface area contributed by atoms with Crippen molar-refractivity contribution in [3.63, 3.8) is 0 Å². The number of nitrogens with zero attached hydrogens (tertiary/aromatic N) is 3. The maximum atomic E-state index is 14.3. The Labute approximate surface area is 132 Å². The number of rotatable bonds is 3. The summed E-state index contributed by atoms with van der Waals surface area (Å²) < 4.78 is 14.6. The van der Waals surface area contributed by atoms with Gasteiger partial charge in [0, 0.05) is 17.1 Å². The molecule has 1 aromatic heterocycles. The highest BCUT2D eigenvalue weighted by atomic mass is 79.9. The van der Waals surface area contributed by atoms with Crippen molar-refractivity contribution in [3.8, 4) is 11.3 Å². The fraction of sp³-hybridized carbons (Fsp3) is 0.167. The van der Waals surface area contributed by atoms with E-state index in [1.807, 2.05) is 0 Å². The minimum atomic E-state index is -0.783. The molecule has 2 rings (SSSR count). The lowest BCUT2D eigenvalue weighted by atomic mass is 10.1. The molecule has 0 aliphatic rings. The van der Waals surface area contributed by atoms with Gasteiger partial charge in [-0.25, -0.2) is 14.4 Å². The normalized spacial score (nSPS) is 10.5. The van der Waals surface area contributed by atoms with Crippen molar-refractivity contribution in [2.24, 2.45) is 0 Å². The number of anilines is 1. The zero-order chi connectivity index (χ0) is 15.7. The molecule has 0 bridgehead atoms. The molecule has 0 atom stereocenters. The van der Waals surface area contributed by atoms with Gasteiger partial charge in [-0.15, -0.1) is 0 Å². The molecule has 1 aromatic carbocycles. The SMILES string of the molecule is CNc1nc(C)c([N+](=O)[O-])c(-c2ccc(Br)c(Cl)c2F)n1. The highest BCUT2D eigenvalue weighted by molar-refractivity contribution is 9.10. The molecule has 0 amide bonds. The molecule has 9 heteroatoms. The molecule has 0 unspecified atom stereocenters. The Kier molecular flexibility index (Phi) is 4.38. The monoisotopic (exact) mass is 374 g/mol. The van der Waals surface area contributed by atoms with Crippen molar-refractivity contribution in [2.45, 2.75) is 6.92 Å². The van der Waals surface area contributed by atoms with Gasteiger partial charge in [-0.3, -0.25) is 10.1 Å². The smallest absolute Gasteiger partial charge is 0.316 e. The Bertz CT molecular complexity index is 742. The van der Waals surface area contributed by atoms with Crippen LogP contribution in [-0.2, 0) is 0 Å². The van der Waals surface area contributed by atoms with Crippen molar-refractivity contribution in [3.05, 3.63) is 43.3 Å². The molecule has 0 radical (unpaired) electrons. The average molecular weight is 376 g/mol. The summed E-state index contributed by atoms with van der Waals surface area (Å²) in [6.45, 7) is 1.46. The second-order valence-electron chi connectivity index (χ2n) is 4.06. The largest absolute Gasteiger partial charge is 0.357 e. The minimum Gasteiger partial charge on any atom is -0.357 e. The summed E-state index contributed by atoms with van der Waals surface area (Å²) in [7, 11) is 1.56. The third-order valence-electron chi connectivity index (χ3n) is 2.75. The van der Waals surface area contributed by atoms with Crippen LogP contribution in [-0.4, -0.2) is 21.9 Å². The first kappa shape index (κ1) is 15.6. The van der Waals surface area contributed by atoms with E-state index >= 15 is 0 Å². The summed E-state index contributed by atoms with van der Waals surface area (Å²) in [5.41, 5.74) is -0.403. The van der Waals surface area contributed by atoms with Crippen LogP contribution in [0, 0.1) is 22.9 Å². The van der Waals surface area contributed by atoms with E-state index in [2.05, 4.69) is 31.2 Å². The van der Waals surface area contributed by atoms with Crippen molar-refractivity contribution in [1.82, 2.24) is 9.97 Å². The molecule has 0 spiro atoms. The van der Waals surface area contributed by atoms with Crippen LogP contribution in [0.4, 0.5) is 16.0 Å². The maximum Gasteiger partial charge on any atom is 0.316 e. The molecule has 2 aromatic rings. The highest BCUT2D eigenvalue weighted by Crippen LogP contribution is 2.37. The van der Waals surface area contributed by atoms with Gasteiger partial charge in [-0.05, 0) is 35.0 Å². The first-order chi connectivity index (χ1) is 9.86. The molecule has 0 aliphatic carbocycles. The lowest BCUT2D eigenvalue weighted by molar-refractivity contribution is -0.385. The fourth-order valence-corrected chi connectivity index (χ4v) is 2.26. The quantitative estimate of drug-likeness (QED) is 0.499. The number of hydrogen-bond donors (Lipinski definition) is 1. The molecule has 0 saturated heterocycles. The topological polar surface area (TPSA) is 81.0 Å². The van der Waals surface area contributed by atoms with E-state index in [9.17, 15) is 14.5 Å². The van der Waals surface area contributed by atoms with Gasteiger partial charge in [-0.1, -0.05) is 11.6 Å².